The summed E-state index contributed by atoms with van der Waals surface area (Å²) in [5, 5.41) is 2.26. The fraction of sp³-hybridized carbons (Fsp3) is 0. The van der Waals surface area contributed by atoms with Gasteiger partial charge in [-0.3, -0.25) is 0 Å². The highest BCUT2D eigenvalue weighted by Crippen LogP contribution is 2.43. The molecule has 0 saturated heterocycles. The van der Waals surface area contributed by atoms with Gasteiger partial charge in [0.1, 0.15) is 11.2 Å². The molecule has 0 aliphatic rings. The molecule has 12 rings (SSSR count). The third kappa shape index (κ3) is 8.24. The Morgan fingerprint density at radius 2 is 0.551 bits per heavy atom. The highest BCUT2D eigenvalue weighted by molar-refractivity contribution is 6.12. The molecule has 0 spiro atoms. The highest BCUT2D eigenvalue weighted by Gasteiger charge is 2.18. The van der Waals surface area contributed by atoms with Crippen LogP contribution in [0.2, 0.25) is 0 Å². The Balaban J connectivity index is 0.930. The minimum Gasteiger partial charge on any atom is -0.456 e. The minimum atomic E-state index is 0.892. The summed E-state index contributed by atoms with van der Waals surface area (Å²) in [6, 6.07) is 99.7. The van der Waals surface area contributed by atoms with Crippen LogP contribution in [0.5, 0.6) is 0 Å². The number of hydrogen-bond acceptors (Lipinski definition) is 3. The highest BCUT2D eigenvalue weighted by atomic mass is 16.3. The molecule has 3 heteroatoms. The molecule has 0 unspecified atom stereocenters. The van der Waals surface area contributed by atoms with Crippen LogP contribution < -0.4 is 9.80 Å². The molecule has 0 bridgehead atoms. The van der Waals surface area contributed by atoms with Crippen LogP contribution in [0, 0.1) is 0 Å². The molecular weight excluding hydrogens is 837 g/mol. The standard InChI is InChI=1S/C66H46N2O/c1-4-15-47(16-5-1)50-29-37-56(38-30-50)67(57-39-31-51(32-40-57)48-17-6-2-7-18-48)60-23-12-21-54(45-60)55-22-13-24-61(46-55)68(58-41-33-52(34-42-58)49-19-8-3-9-20-49)59-43-35-53(36-44-59)62-26-14-28-65-66(62)63-25-10-11-27-64(63)69-65/h1-46H. The Morgan fingerprint density at radius 1 is 0.217 bits per heavy atom. The summed E-state index contributed by atoms with van der Waals surface area (Å²) >= 11 is 0. The van der Waals surface area contributed by atoms with E-state index in [2.05, 4.69) is 277 Å². The predicted octanol–water partition coefficient (Wildman–Crippen LogP) is 18.9. The molecule has 12 aromatic rings. The summed E-state index contributed by atoms with van der Waals surface area (Å²) in [7, 11) is 0. The molecule has 11 aromatic carbocycles. The van der Waals surface area contributed by atoms with Gasteiger partial charge in [-0.2, -0.15) is 0 Å². The van der Waals surface area contributed by atoms with Crippen LogP contribution in [0.1, 0.15) is 0 Å². The molecule has 3 nitrogen and oxygen atoms in total. The maximum absolute atomic E-state index is 6.27. The van der Waals surface area contributed by atoms with Crippen molar-refractivity contribution in [3.05, 3.63) is 279 Å². The van der Waals surface area contributed by atoms with E-state index in [1.54, 1.807) is 0 Å². The van der Waals surface area contributed by atoms with Gasteiger partial charge in [0.25, 0.3) is 0 Å². The average Bonchev–Trinajstić information content (AvgIpc) is 3.82. The number of fused-ring (bicyclic) bond motifs is 3. The van der Waals surface area contributed by atoms with Crippen LogP contribution in [0.15, 0.2) is 283 Å². The monoisotopic (exact) mass is 882 g/mol. The van der Waals surface area contributed by atoms with Crippen LogP contribution in [0.25, 0.3) is 77.6 Å². The van der Waals surface area contributed by atoms with Crippen LogP contribution in [-0.2, 0) is 0 Å². The van der Waals surface area contributed by atoms with E-state index in [4.69, 9.17) is 4.42 Å². The van der Waals surface area contributed by atoms with Gasteiger partial charge in [0, 0.05) is 44.9 Å². The van der Waals surface area contributed by atoms with Gasteiger partial charge in [-0.05, 0) is 141 Å². The Labute approximate surface area is 403 Å². The SMILES string of the molecule is c1ccc(-c2ccc(N(c3ccc(-c4ccccc4)cc3)c3cccc(-c4cccc(N(c5ccc(-c6ccccc6)cc5)c5ccc(-c6cccc7oc8ccccc8c67)cc5)c4)c3)cc2)cc1. The summed E-state index contributed by atoms with van der Waals surface area (Å²) < 4.78 is 6.27. The van der Waals surface area contributed by atoms with E-state index in [9.17, 15) is 0 Å². The molecule has 0 saturated carbocycles. The van der Waals surface area contributed by atoms with Crippen molar-refractivity contribution in [1.82, 2.24) is 0 Å². The van der Waals surface area contributed by atoms with Gasteiger partial charge in [0.15, 0.2) is 0 Å². The maximum atomic E-state index is 6.27. The maximum Gasteiger partial charge on any atom is 0.136 e. The van der Waals surface area contributed by atoms with Crippen molar-refractivity contribution in [1.29, 1.82) is 0 Å². The fourth-order valence-corrected chi connectivity index (χ4v) is 9.65. The fourth-order valence-electron chi connectivity index (χ4n) is 9.65. The average molecular weight is 883 g/mol. The lowest BCUT2D eigenvalue weighted by atomic mass is 9.98. The molecule has 0 aliphatic heterocycles. The van der Waals surface area contributed by atoms with Crippen LogP contribution in [-0.4, -0.2) is 0 Å². The summed E-state index contributed by atoms with van der Waals surface area (Å²) in [6.45, 7) is 0. The predicted molar refractivity (Wildman–Crippen MR) is 290 cm³/mol. The summed E-state index contributed by atoms with van der Waals surface area (Å²) in [4.78, 5) is 4.71. The molecule has 0 atom stereocenters. The molecule has 0 aliphatic carbocycles. The Bertz CT molecular complexity index is 3590. The van der Waals surface area contributed by atoms with Gasteiger partial charge in [0.05, 0.1) is 0 Å². The topological polar surface area (TPSA) is 19.6 Å². The minimum absolute atomic E-state index is 0.892. The lowest BCUT2D eigenvalue weighted by molar-refractivity contribution is 0.669. The number of nitrogens with zero attached hydrogens (tertiary/aromatic N) is 2. The van der Waals surface area contributed by atoms with Crippen molar-refractivity contribution in [3.63, 3.8) is 0 Å². The molecule has 0 N–H and O–H groups in total. The first-order chi connectivity index (χ1) is 34.2. The van der Waals surface area contributed by atoms with Crippen LogP contribution >= 0.6 is 0 Å². The number of benzene rings is 11. The van der Waals surface area contributed by atoms with E-state index in [1.807, 2.05) is 12.1 Å². The Kier molecular flexibility index (Phi) is 10.9. The number of hydrogen-bond donors (Lipinski definition) is 0. The Morgan fingerprint density at radius 3 is 0.986 bits per heavy atom. The van der Waals surface area contributed by atoms with Gasteiger partial charge in [-0.25, -0.2) is 0 Å². The smallest absolute Gasteiger partial charge is 0.136 e. The van der Waals surface area contributed by atoms with Gasteiger partial charge >= 0.3 is 0 Å². The first-order valence-electron chi connectivity index (χ1n) is 23.5. The van der Waals surface area contributed by atoms with E-state index in [-0.39, 0.29) is 0 Å². The lowest BCUT2D eigenvalue weighted by Gasteiger charge is -2.27. The Hall–Kier alpha value is -9.18. The van der Waals surface area contributed by atoms with E-state index in [0.29, 0.717) is 0 Å². The van der Waals surface area contributed by atoms with E-state index in [0.717, 1.165) is 78.3 Å². The van der Waals surface area contributed by atoms with Crippen molar-refractivity contribution in [3.8, 4) is 55.6 Å². The lowest BCUT2D eigenvalue weighted by Crippen LogP contribution is -2.10. The molecular formula is C66H46N2O. The van der Waals surface area contributed by atoms with Crippen LogP contribution in [0.4, 0.5) is 34.1 Å². The van der Waals surface area contributed by atoms with Gasteiger partial charge < -0.3 is 14.2 Å². The van der Waals surface area contributed by atoms with Crippen molar-refractivity contribution in [2.24, 2.45) is 0 Å². The van der Waals surface area contributed by atoms with Crippen molar-refractivity contribution in [2.45, 2.75) is 0 Å². The van der Waals surface area contributed by atoms with Crippen molar-refractivity contribution in [2.75, 3.05) is 9.80 Å². The van der Waals surface area contributed by atoms with Gasteiger partial charge in [0.2, 0.25) is 0 Å². The number of anilines is 6. The second-order valence-corrected chi connectivity index (χ2v) is 17.3. The molecule has 326 valence electrons. The molecule has 0 fully saturated rings. The van der Waals surface area contributed by atoms with Gasteiger partial charge in [-0.15, -0.1) is 0 Å². The molecule has 1 aromatic heterocycles. The molecule has 1 heterocycles. The summed E-state index contributed by atoms with van der Waals surface area (Å²) in [6.07, 6.45) is 0. The molecule has 0 amide bonds. The third-order valence-corrected chi connectivity index (χ3v) is 13.1. The zero-order valence-electron chi connectivity index (χ0n) is 37.9. The van der Waals surface area contributed by atoms with Crippen LogP contribution in [0.3, 0.4) is 0 Å². The van der Waals surface area contributed by atoms with Gasteiger partial charge in [-0.1, -0.05) is 194 Å². The largest absolute Gasteiger partial charge is 0.456 e. The number of furan rings is 1. The first-order valence-corrected chi connectivity index (χ1v) is 23.5. The normalized spacial score (nSPS) is 11.2. The quantitative estimate of drug-likeness (QED) is 0.129. The van der Waals surface area contributed by atoms with Crippen molar-refractivity contribution >= 4 is 56.1 Å². The number of rotatable bonds is 11. The first kappa shape index (κ1) is 41.3. The molecule has 69 heavy (non-hydrogen) atoms. The summed E-state index contributed by atoms with van der Waals surface area (Å²) in [5.41, 5.74) is 19.9. The third-order valence-electron chi connectivity index (χ3n) is 13.1. The van der Waals surface area contributed by atoms with E-state index in [1.165, 1.54) is 33.4 Å². The second-order valence-electron chi connectivity index (χ2n) is 17.3. The van der Waals surface area contributed by atoms with Crippen molar-refractivity contribution < 1.29 is 4.42 Å². The van der Waals surface area contributed by atoms with E-state index >= 15 is 0 Å². The number of para-hydroxylation sites is 1. The second kappa shape index (κ2) is 18.2. The zero-order chi connectivity index (χ0) is 45.9. The molecule has 0 radical (unpaired) electrons. The van der Waals surface area contributed by atoms with E-state index < -0.39 is 0 Å². The summed E-state index contributed by atoms with van der Waals surface area (Å²) in [5.74, 6) is 0. The zero-order valence-corrected chi connectivity index (χ0v) is 37.9.